The summed E-state index contributed by atoms with van der Waals surface area (Å²) in [6.45, 7) is 1.85. The lowest BCUT2D eigenvalue weighted by Gasteiger charge is -2.09. The zero-order valence-electron chi connectivity index (χ0n) is 10.6. The summed E-state index contributed by atoms with van der Waals surface area (Å²) in [4.78, 5) is 14.1. The maximum Gasteiger partial charge on any atom is 0.271 e. The van der Waals surface area contributed by atoms with Gasteiger partial charge in [0.1, 0.15) is 5.75 Å². The third kappa shape index (κ3) is 3.23. The number of hydrogen-bond donors (Lipinski definition) is 1. The summed E-state index contributed by atoms with van der Waals surface area (Å²) in [5.74, 6) is 0.627. The van der Waals surface area contributed by atoms with Gasteiger partial charge in [0.2, 0.25) is 5.88 Å². The molecule has 0 saturated heterocycles. The first-order valence-corrected chi connectivity index (χ1v) is 6.18. The van der Waals surface area contributed by atoms with Gasteiger partial charge in [0.05, 0.1) is 9.95 Å². The van der Waals surface area contributed by atoms with E-state index < -0.39 is 4.92 Å². The molecule has 2 aromatic rings. The molecule has 0 aliphatic heterocycles. The molecule has 6 nitrogen and oxygen atoms in total. The van der Waals surface area contributed by atoms with Gasteiger partial charge in [-0.2, -0.15) is 0 Å². The lowest BCUT2D eigenvalue weighted by molar-refractivity contribution is -0.384. The topological polar surface area (TPSA) is 91.3 Å². The normalized spacial score (nSPS) is 11.9. The number of nitro benzene ring substituents is 1. The van der Waals surface area contributed by atoms with Gasteiger partial charge in [-0.15, -0.1) is 0 Å². The maximum absolute atomic E-state index is 10.6. The van der Waals surface area contributed by atoms with Gasteiger partial charge in [-0.1, -0.05) is 11.6 Å². The molecule has 0 fully saturated rings. The molecular weight excluding hydrogens is 282 g/mol. The van der Waals surface area contributed by atoms with Crippen LogP contribution < -0.4 is 10.5 Å². The standard InChI is InChI=1S/C13H12ClN3O3/c1-8(15)9-4-5-16-13(6-9)20-12-3-2-10(17(18)19)7-11(12)14/h2-8H,15H2,1H3/t8-/m0/s1. The van der Waals surface area contributed by atoms with Gasteiger partial charge >= 0.3 is 0 Å². The van der Waals surface area contributed by atoms with Gasteiger partial charge in [0, 0.05) is 30.4 Å². The molecule has 2 N–H and O–H groups in total. The molecule has 20 heavy (non-hydrogen) atoms. The molecule has 0 aliphatic rings. The van der Waals surface area contributed by atoms with Gasteiger partial charge in [0.15, 0.2) is 0 Å². The molecule has 1 heterocycles. The maximum atomic E-state index is 10.6. The highest BCUT2D eigenvalue weighted by Crippen LogP contribution is 2.32. The van der Waals surface area contributed by atoms with Gasteiger partial charge in [-0.3, -0.25) is 10.1 Å². The van der Waals surface area contributed by atoms with E-state index in [1.54, 1.807) is 18.3 Å². The Morgan fingerprint density at radius 2 is 2.15 bits per heavy atom. The van der Waals surface area contributed by atoms with Crippen molar-refractivity contribution in [2.45, 2.75) is 13.0 Å². The van der Waals surface area contributed by atoms with Crippen molar-refractivity contribution < 1.29 is 9.66 Å². The van der Waals surface area contributed by atoms with E-state index in [1.807, 2.05) is 6.92 Å². The fraction of sp³-hybridized carbons (Fsp3) is 0.154. The molecule has 0 unspecified atom stereocenters. The highest BCUT2D eigenvalue weighted by molar-refractivity contribution is 6.32. The number of nitro groups is 1. The zero-order valence-corrected chi connectivity index (χ0v) is 11.4. The number of aromatic nitrogens is 1. The third-order valence-electron chi connectivity index (χ3n) is 2.63. The summed E-state index contributed by atoms with van der Waals surface area (Å²) in [7, 11) is 0. The highest BCUT2D eigenvalue weighted by Gasteiger charge is 2.12. The fourth-order valence-electron chi connectivity index (χ4n) is 1.56. The van der Waals surface area contributed by atoms with E-state index in [9.17, 15) is 10.1 Å². The number of nitrogens with zero attached hydrogens (tertiary/aromatic N) is 2. The van der Waals surface area contributed by atoms with E-state index >= 15 is 0 Å². The van der Waals surface area contributed by atoms with Crippen molar-refractivity contribution in [3.05, 3.63) is 57.2 Å². The largest absolute Gasteiger partial charge is 0.437 e. The van der Waals surface area contributed by atoms with Gasteiger partial charge < -0.3 is 10.5 Å². The number of benzene rings is 1. The van der Waals surface area contributed by atoms with E-state index in [0.29, 0.717) is 11.6 Å². The Morgan fingerprint density at radius 1 is 1.40 bits per heavy atom. The number of hydrogen-bond acceptors (Lipinski definition) is 5. The lowest BCUT2D eigenvalue weighted by atomic mass is 10.1. The molecule has 1 aromatic heterocycles. The van der Waals surface area contributed by atoms with Crippen LogP contribution in [0, 0.1) is 10.1 Å². The number of halogens is 1. The van der Waals surface area contributed by atoms with Crippen LogP contribution in [0.15, 0.2) is 36.5 Å². The van der Waals surface area contributed by atoms with Crippen molar-refractivity contribution in [2.75, 3.05) is 0 Å². The Kier molecular flexibility index (Phi) is 4.16. The van der Waals surface area contributed by atoms with Gasteiger partial charge in [0.25, 0.3) is 5.69 Å². The quantitative estimate of drug-likeness (QED) is 0.688. The Morgan fingerprint density at radius 3 is 2.75 bits per heavy atom. The molecule has 0 spiro atoms. The van der Waals surface area contributed by atoms with Crippen LogP contribution in [-0.2, 0) is 0 Å². The Bertz CT molecular complexity index is 647. The van der Waals surface area contributed by atoms with E-state index in [0.717, 1.165) is 5.56 Å². The fourth-order valence-corrected chi connectivity index (χ4v) is 1.78. The molecular formula is C13H12ClN3O3. The molecule has 104 valence electrons. The molecule has 1 atom stereocenters. The summed E-state index contributed by atoms with van der Waals surface area (Å²) in [5, 5.41) is 10.8. The average Bonchev–Trinajstić information content (AvgIpc) is 2.41. The third-order valence-corrected chi connectivity index (χ3v) is 2.92. The minimum absolute atomic E-state index is 0.0976. The van der Waals surface area contributed by atoms with Crippen molar-refractivity contribution in [3.8, 4) is 11.6 Å². The summed E-state index contributed by atoms with van der Waals surface area (Å²) in [5.41, 5.74) is 6.55. The van der Waals surface area contributed by atoms with E-state index in [-0.39, 0.29) is 16.8 Å². The van der Waals surface area contributed by atoms with Crippen LogP contribution in [0.4, 0.5) is 5.69 Å². The van der Waals surface area contributed by atoms with E-state index in [2.05, 4.69) is 4.98 Å². The number of non-ortho nitro benzene ring substituents is 1. The van der Waals surface area contributed by atoms with Crippen LogP contribution in [0.1, 0.15) is 18.5 Å². The molecule has 1 aromatic carbocycles. The second-order valence-corrected chi connectivity index (χ2v) is 4.60. The summed E-state index contributed by atoms with van der Waals surface area (Å²) >= 11 is 5.94. The van der Waals surface area contributed by atoms with Crippen molar-refractivity contribution in [1.82, 2.24) is 4.98 Å². The summed E-state index contributed by atoms with van der Waals surface area (Å²) < 4.78 is 5.51. The highest BCUT2D eigenvalue weighted by atomic mass is 35.5. The Hall–Kier alpha value is -2.18. The molecule has 0 aliphatic carbocycles. The summed E-state index contributed by atoms with van der Waals surface area (Å²) in [6, 6.07) is 7.31. The van der Waals surface area contributed by atoms with Crippen LogP contribution in [0.2, 0.25) is 5.02 Å². The molecule has 0 saturated carbocycles. The SMILES string of the molecule is C[C@H](N)c1ccnc(Oc2ccc([N+](=O)[O-])cc2Cl)c1. The number of nitrogens with two attached hydrogens (primary N) is 1. The van der Waals surface area contributed by atoms with Crippen LogP contribution >= 0.6 is 11.6 Å². The van der Waals surface area contributed by atoms with Crippen molar-refractivity contribution in [2.24, 2.45) is 5.73 Å². The van der Waals surface area contributed by atoms with Crippen LogP contribution in [0.3, 0.4) is 0 Å². The average molecular weight is 294 g/mol. The van der Waals surface area contributed by atoms with Gasteiger partial charge in [-0.25, -0.2) is 4.98 Å². The lowest BCUT2D eigenvalue weighted by Crippen LogP contribution is -2.05. The molecule has 0 radical (unpaired) electrons. The number of rotatable bonds is 4. The van der Waals surface area contributed by atoms with Crippen molar-refractivity contribution in [3.63, 3.8) is 0 Å². The first kappa shape index (κ1) is 14.2. The van der Waals surface area contributed by atoms with Crippen molar-refractivity contribution in [1.29, 1.82) is 0 Å². The molecule has 2 rings (SSSR count). The second-order valence-electron chi connectivity index (χ2n) is 4.19. The Labute approximate surface area is 120 Å². The van der Waals surface area contributed by atoms with Gasteiger partial charge in [-0.05, 0) is 24.6 Å². The minimum atomic E-state index is -0.523. The predicted molar refractivity (Wildman–Crippen MR) is 75.0 cm³/mol. The second kappa shape index (κ2) is 5.85. The summed E-state index contributed by atoms with van der Waals surface area (Å²) in [6.07, 6.45) is 1.58. The minimum Gasteiger partial charge on any atom is -0.437 e. The van der Waals surface area contributed by atoms with Crippen LogP contribution in [0.25, 0.3) is 0 Å². The zero-order chi connectivity index (χ0) is 14.7. The van der Waals surface area contributed by atoms with Crippen LogP contribution in [-0.4, -0.2) is 9.91 Å². The first-order valence-electron chi connectivity index (χ1n) is 5.80. The Balaban J connectivity index is 2.26. The van der Waals surface area contributed by atoms with Crippen LogP contribution in [0.5, 0.6) is 11.6 Å². The number of ether oxygens (including phenoxy) is 1. The number of pyridine rings is 1. The van der Waals surface area contributed by atoms with E-state index in [4.69, 9.17) is 22.1 Å². The smallest absolute Gasteiger partial charge is 0.271 e. The molecule has 0 amide bonds. The van der Waals surface area contributed by atoms with Crippen molar-refractivity contribution >= 4 is 17.3 Å². The predicted octanol–water partition coefficient (Wildman–Crippen LogP) is 3.46. The monoisotopic (exact) mass is 293 g/mol. The van der Waals surface area contributed by atoms with E-state index in [1.165, 1.54) is 18.2 Å². The molecule has 0 bridgehead atoms. The first-order chi connectivity index (χ1) is 9.47. The molecule has 7 heteroatoms.